The molecule has 29 nitrogen and oxygen atoms in total. The molecule has 9 N–H and O–H groups in total. The lowest BCUT2D eigenvalue weighted by atomic mass is 10.0. The Morgan fingerprint density at radius 1 is 0.459 bits per heavy atom. The zero-order chi connectivity index (χ0) is 88.9. The molecule has 0 aliphatic heterocycles. The predicted molar refractivity (Wildman–Crippen MR) is 480 cm³/mol. The number of methoxy groups -OCH3 is 1. The smallest absolute Gasteiger partial charge is 0.338 e. The summed E-state index contributed by atoms with van der Waals surface area (Å²) in [5.41, 5.74) is 22.4. The summed E-state index contributed by atoms with van der Waals surface area (Å²) >= 11 is 2.38. The monoisotopic (exact) mass is 1810 g/mol. The molecule has 0 radical (unpaired) electrons. The number of ether oxygens (including phenoxy) is 7. The third-order valence-electron chi connectivity index (χ3n) is 17.4. The summed E-state index contributed by atoms with van der Waals surface area (Å²) in [5, 5.41) is 18.5. The highest BCUT2D eigenvalue weighted by molar-refractivity contribution is 14.1. The minimum atomic E-state index is -1.95. The number of nitrogens with one attached hydrogen (secondary N) is 1. The van der Waals surface area contributed by atoms with E-state index in [1.165, 1.54) is 21.8 Å². The third-order valence-corrected chi connectivity index (χ3v) is 18.4. The lowest BCUT2D eigenvalue weighted by molar-refractivity contribution is -0.149. The van der Waals surface area contributed by atoms with Crippen molar-refractivity contribution in [3.8, 4) is 85.7 Å². The average Bonchev–Trinajstić information content (AvgIpc) is 1.65. The Bertz CT molecular complexity index is 5310. The van der Waals surface area contributed by atoms with Crippen LogP contribution in [-0.4, -0.2) is 135 Å². The standard InChI is InChI=1S/C18H18N2O3.C17H18N4O2.2C17H16N2O3.C16H15IN2O.C3H4O3.CH4.FH3P2.H4N2/c1-11(2)23-17-10-19-9-16(20-17)13-5-4-12-6-7-14(15(12)8-13)18(21)22-3;1-10(2)23-16-9-19-8-15(20-16)12-4-3-11-5-6-13(14(11)7-12)17(22)21-18;2*1-10(2)22-16-9-18-8-15(19-16)12-4-3-11-5-6-13(17(20)21)14(11)7-12;1-10(2)20-16-9-18-8-15(19-16)12-4-3-11-5-6-14(17)13(11)7-12;1-3(5)6-2-4;;1-3-2;1-2/h4-5,7-11H,6H2,1-3H3;3-4,6-10H,5,18H2,1-2H3,(H,21,22);2*3-4,6-10H,5H2,1-2H3,(H,20,21);3-4,6-10H,5H2,1-2H3;2H,1H3;1H4;3H,2H2;1-2H2/i;;;;;;;3D;. The van der Waals surface area contributed by atoms with Crippen LogP contribution in [0.2, 0.25) is 0 Å². The quantitative estimate of drug-likeness (QED) is 0.00603. The highest BCUT2D eigenvalue weighted by atomic mass is 127. The van der Waals surface area contributed by atoms with E-state index in [-0.39, 0.29) is 56.3 Å². The van der Waals surface area contributed by atoms with Crippen LogP contribution >= 0.6 is 40.0 Å². The number of carboxylic acid groups (broad SMARTS) is 2. The number of rotatable bonds is 20. The minimum Gasteiger partial charge on any atom is -0.478 e. The van der Waals surface area contributed by atoms with E-state index in [9.17, 15) is 43.2 Å². The van der Waals surface area contributed by atoms with Crippen molar-refractivity contribution in [3.05, 3.63) is 239 Å². The number of nitrogens with two attached hydrogens (primary N) is 3. The molecule has 5 aromatic carbocycles. The Morgan fingerprint density at radius 3 is 0.951 bits per heavy atom. The van der Waals surface area contributed by atoms with Crippen molar-refractivity contribution in [1.29, 1.82) is 1.28 Å². The van der Waals surface area contributed by atoms with Crippen LogP contribution in [0, 0.1) is 0 Å². The molecule has 5 aromatic heterocycles. The van der Waals surface area contributed by atoms with E-state index >= 15 is 0 Å². The lowest BCUT2D eigenvalue weighted by Crippen LogP contribution is -2.30. The first-order chi connectivity index (χ1) is 58.4. The Kier molecular flexibility index (Phi) is 37.1. The van der Waals surface area contributed by atoms with E-state index in [4.69, 9.17) is 35.5 Å². The second-order valence-electron chi connectivity index (χ2n) is 27.8. The summed E-state index contributed by atoms with van der Waals surface area (Å²) in [5.74, 6) is 12.7. The second-order valence-corrected chi connectivity index (χ2v) is 29.8. The first-order valence-corrected chi connectivity index (χ1v) is 41.3. The minimum absolute atomic E-state index is 0. The van der Waals surface area contributed by atoms with Gasteiger partial charge in [-0.25, -0.2) is 49.3 Å². The van der Waals surface area contributed by atoms with Crippen LogP contribution in [0.25, 0.3) is 82.2 Å². The number of carbonyl (C=O) groups excluding carboxylic acids is 4. The largest absolute Gasteiger partial charge is 0.478 e. The van der Waals surface area contributed by atoms with Gasteiger partial charge in [-0.3, -0.25) is 56.4 Å². The molecule has 15 rings (SSSR count). The van der Waals surface area contributed by atoms with Crippen LogP contribution in [-0.2, 0) is 70.3 Å². The van der Waals surface area contributed by atoms with Crippen LogP contribution in [0.1, 0.15) is 139 Å². The summed E-state index contributed by atoms with van der Waals surface area (Å²) in [6, 6.07) is 29.8. The molecular weight excluding hydrogens is 1710 g/mol. The van der Waals surface area contributed by atoms with E-state index in [1.807, 2.05) is 154 Å². The number of aromatic nitrogens is 10. The van der Waals surface area contributed by atoms with Gasteiger partial charge >= 0.3 is 30.3 Å². The number of aliphatic carboxylic acids is 2. The van der Waals surface area contributed by atoms with Crippen LogP contribution < -0.4 is 46.6 Å². The molecule has 0 fully saturated rings. The number of carbonyl (C=O) groups is 6. The topological polar surface area (TPSA) is 426 Å². The van der Waals surface area contributed by atoms with E-state index in [0.29, 0.717) is 87.3 Å². The first kappa shape index (κ1) is 95.1. The van der Waals surface area contributed by atoms with Gasteiger partial charge in [0.15, 0.2) is 0 Å². The fourth-order valence-corrected chi connectivity index (χ4v) is 13.1. The molecule has 10 aromatic rings. The average molecular weight is 1810 g/mol. The maximum Gasteiger partial charge on any atom is 0.338 e. The molecule has 5 aliphatic carbocycles. The number of esters is 2. The summed E-state index contributed by atoms with van der Waals surface area (Å²) in [6.45, 7) is 20.7. The fourth-order valence-electron chi connectivity index (χ4n) is 12.4. The Morgan fingerprint density at radius 2 is 0.705 bits per heavy atom. The number of amides is 1. The van der Waals surface area contributed by atoms with E-state index in [2.05, 4.69) is 119 Å². The SMILES string of the molecule is C.CC(=O)OC=O.CC(C)Oc1cncc(-c2ccc3c(c2)C(C(=O)NN)=CC3)n1.CC(C)Oc1cncc(-c2ccc3c(c2)C(C(=O)O)=CC3)n1.CC(C)Oc1cncc(-c2ccc3c(c2)C(C(=O)O)=CC3)n1.CC(C)Oc1cncc(-c2ccc3c(c2)C(I)=CC3)n1.COC(=O)C1=CCc2ccc(-c3cncc(OC(C)C)n3)cc21.NN.[2H]P(F)P. The number of nitrogens with zero attached hydrogens (tertiary/aromatic N) is 10. The Balaban J connectivity index is 0.000000204. The number of allylic oxidation sites excluding steroid dienone is 5. The zero-order valence-electron chi connectivity index (χ0n) is 69.5. The molecule has 0 bridgehead atoms. The molecule has 122 heavy (non-hydrogen) atoms. The maximum absolute atomic E-state index is 11.9. The molecular formula is C89H98FIN14O15P2. The molecule has 2 atom stereocenters. The predicted octanol–water partition coefficient (Wildman–Crippen LogP) is 15.6. The fraction of sp³-hybridized carbons (Fsp3) is 0.258. The van der Waals surface area contributed by atoms with Crippen molar-refractivity contribution in [2.75, 3.05) is 7.11 Å². The van der Waals surface area contributed by atoms with Crippen molar-refractivity contribution in [2.45, 2.75) is 146 Å². The zero-order valence-corrected chi connectivity index (χ0v) is 72.7. The van der Waals surface area contributed by atoms with E-state index in [1.54, 1.807) is 83.0 Å². The normalized spacial score (nSPS) is 12.6. The molecule has 5 aliphatic rings. The molecule has 0 spiro atoms. The highest BCUT2D eigenvalue weighted by Gasteiger charge is 2.26. The number of hydrazine groups is 2. The molecule has 0 saturated heterocycles. The van der Waals surface area contributed by atoms with Crippen LogP contribution in [0.15, 0.2) is 183 Å². The number of carboxylic acids is 2. The highest BCUT2D eigenvalue weighted by Crippen LogP contribution is 2.39. The second kappa shape index (κ2) is 47.6. The van der Waals surface area contributed by atoms with Crippen LogP contribution in [0.3, 0.4) is 0 Å². The van der Waals surface area contributed by atoms with Gasteiger partial charge in [-0.05, 0) is 210 Å². The number of hydrogen-bond acceptors (Lipinski definition) is 26. The molecule has 638 valence electrons. The summed E-state index contributed by atoms with van der Waals surface area (Å²) in [6.07, 6.45) is 29.9. The molecule has 5 heterocycles. The number of fused-ring (bicyclic) bond motifs is 5. The van der Waals surface area contributed by atoms with Gasteiger partial charge in [0, 0.05) is 43.9 Å². The lowest BCUT2D eigenvalue weighted by Gasteiger charge is -2.10. The van der Waals surface area contributed by atoms with Crippen LogP contribution in [0.5, 0.6) is 29.4 Å². The van der Waals surface area contributed by atoms with Gasteiger partial charge < -0.3 is 43.4 Å². The van der Waals surface area contributed by atoms with Crippen molar-refractivity contribution in [2.24, 2.45) is 17.5 Å². The Labute approximate surface area is 726 Å². The van der Waals surface area contributed by atoms with Gasteiger partial charge in [0.2, 0.25) is 29.4 Å². The molecule has 2 unspecified atom stereocenters. The van der Waals surface area contributed by atoms with Crippen molar-refractivity contribution >= 4 is 102 Å². The number of halogens is 2. The third kappa shape index (κ3) is 27.6. The first-order valence-electron chi connectivity index (χ1n) is 38.3. The summed E-state index contributed by atoms with van der Waals surface area (Å²) < 4.78 is 54.4. The number of benzene rings is 5. The summed E-state index contributed by atoms with van der Waals surface area (Å²) in [7, 11) is 1.16. The van der Waals surface area contributed by atoms with Gasteiger partial charge in [-0.2, -0.15) is 0 Å². The maximum atomic E-state index is 11.9. The molecule has 1 amide bonds. The van der Waals surface area contributed by atoms with Gasteiger partial charge in [0.1, 0.15) is 0 Å². The van der Waals surface area contributed by atoms with Crippen molar-refractivity contribution in [3.63, 3.8) is 0 Å². The van der Waals surface area contributed by atoms with Gasteiger partial charge in [-0.1, -0.05) is 107 Å². The van der Waals surface area contributed by atoms with Crippen molar-refractivity contribution < 1.29 is 76.3 Å². The van der Waals surface area contributed by atoms with Crippen LogP contribution in [0.4, 0.5) is 4.20 Å². The van der Waals surface area contributed by atoms with Gasteiger partial charge in [0.25, 0.3) is 5.91 Å². The van der Waals surface area contributed by atoms with Gasteiger partial charge in [0.05, 0.1) is 155 Å². The van der Waals surface area contributed by atoms with Crippen molar-refractivity contribution in [1.82, 2.24) is 55.3 Å². The number of hydrogen-bond donors (Lipinski definition) is 6. The molecule has 0 saturated carbocycles. The van der Waals surface area contributed by atoms with Gasteiger partial charge in [-0.15, -0.1) is 0 Å². The Hall–Kier alpha value is -12.4. The van der Waals surface area contributed by atoms with E-state index < -0.39 is 26.4 Å². The summed E-state index contributed by atoms with van der Waals surface area (Å²) in [4.78, 5) is 108. The van der Waals surface area contributed by atoms with E-state index in [0.717, 1.165) is 104 Å². The molecule has 33 heteroatoms.